The highest BCUT2D eigenvalue weighted by molar-refractivity contribution is 6.37. The maximum absolute atomic E-state index is 6.12. The first-order chi connectivity index (χ1) is 8.53. The molecule has 0 saturated carbocycles. The number of hydrogen-bond donors (Lipinski definition) is 3. The average molecular weight is 291 g/mol. The fourth-order valence-electron chi connectivity index (χ4n) is 2.00. The van der Waals surface area contributed by atoms with Crippen molar-refractivity contribution in [3.63, 3.8) is 0 Å². The first-order valence-electron chi connectivity index (χ1n) is 6.12. The topological polar surface area (TPSA) is 63.0 Å². The van der Waals surface area contributed by atoms with Crippen LogP contribution in [0.4, 0.5) is 11.6 Å². The van der Waals surface area contributed by atoms with Crippen LogP contribution in [0.1, 0.15) is 33.6 Å². The number of anilines is 2. The van der Waals surface area contributed by atoms with Gasteiger partial charge >= 0.3 is 0 Å². The van der Waals surface area contributed by atoms with Crippen LogP contribution in [0.5, 0.6) is 0 Å². The zero-order chi connectivity index (χ0) is 13.7. The molecule has 1 unspecified atom stereocenters. The van der Waals surface area contributed by atoms with Gasteiger partial charge in [-0.1, -0.05) is 49.9 Å². The van der Waals surface area contributed by atoms with Crippen molar-refractivity contribution >= 4 is 34.8 Å². The monoisotopic (exact) mass is 290 g/mol. The van der Waals surface area contributed by atoms with E-state index in [0.717, 1.165) is 12.8 Å². The fourth-order valence-corrected chi connectivity index (χ4v) is 2.47. The molecule has 1 heterocycles. The molecule has 0 aliphatic rings. The summed E-state index contributed by atoms with van der Waals surface area (Å²) in [5.74, 6) is 6.94. The summed E-state index contributed by atoms with van der Waals surface area (Å²) in [7, 11) is 0. The van der Waals surface area contributed by atoms with Crippen LogP contribution in [0.25, 0.3) is 0 Å². The molecule has 0 aromatic carbocycles. The first kappa shape index (κ1) is 15.3. The number of nitrogens with zero attached hydrogens (tertiary/aromatic N) is 1. The Labute approximate surface area is 118 Å². The highest BCUT2D eigenvalue weighted by Crippen LogP contribution is 2.30. The summed E-state index contributed by atoms with van der Waals surface area (Å²) >= 11 is 12.1. The van der Waals surface area contributed by atoms with E-state index in [4.69, 9.17) is 29.0 Å². The van der Waals surface area contributed by atoms with Gasteiger partial charge in [0.25, 0.3) is 0 Å². The summed E-state index contributed by atoms with van der Waals surface area (Å²) in [5, 5.41) is 4.22. The van der Waals surface area contributed by atoms with Crippen molar-refractivity contribution in [2.75, 3.05) is 10.7 Å². The van der Waals surface area contributed by atoms with E-state index in [2.05, 4.69) is 36.5 Å². The molecule has 4 N–H and O–H groups in total. The van der Waals surface area contributed by atoms with E-state index in [1.807, 2.05) is 0 Å². The molecular weight excluding hydrogens is 271 g/mol. The molecule has 1 atom stereocenters. The fraction of sp³-hybridized carbons (Fsp3) is 0.583. The lowest BCUT2D eigenvalue weighted by Gasteiger charge is -2.23. The smallest absolute Gasteiger partial charge is 0.161 e. The maximum atomic E-state index is 6.12. The molecule has 0 fully saturated rings. The normalized spacial score (nSPS) is 12.6. The molecule has 1 rings (SSSR count). The highest BCUT2D eigenvalue weighted by atomic mass is 35.5. The molecule has 6 heteroatoms. The number of pyridine rings is 1. The van der Waals surface area contributed by atoms with Gasteiger partial charge in [-0.05, 0) is 18.9 Å². The molecule has 0 amide bonds. The summed E-state index contributed by atoms with van der Waals surface area (Å²) in [6.07, 6.45) is 2.22. The van der Waals surface area contributed by atoms with Crippen molar-refractivity contribution in [2.24, 2.45) is 11.8 Å². The molecule has 0 bridgehead atoms. The molecule has 0 aliphatic carbocycles. The predicted octanol–water partition coefficient (Wildman–Crippen LogP) is 3.91. The van der Waals surface area contributed by atoms with E-state index in [1.54, 1.807) is 6.07 Å². The molecule has 4 nitrogen and oxygen atoms in total. The van der Waals surface area contributed by atoms with Crippen LogP contribution < -0.4 is 16.6 Å². The van der Waals surface area contributed by atoms with E-state index in [1.165, 1.54) is 0 Å². The van der Waals surface area contributed by atoms with Gasteiger partial charge in [0, 0.05) is 6.04 Å². The number of rotatable bonds is 6. The second kappa shape index (κ2) is 7.02. The van der Waals surface area contributed by atoms with Gasteiger partial charge in [-0.2, -0.15) is 0 Å². The van der Waals surface area contributed by atoms with Gasteiger partial charge < -0.3 is 10.7 Å². The van der Waals surface area contributed by atoms with E-state index >= 15 is 0 Å². The van der Waals surface area contributed by atoms with Crippen molar-refractivity contribution < 1.29 is 0 Å². The van der Waals surface area contributed by atoms with Crippen molar-refractivity contribution in [1.29, 1.82) is 0 Å². The lowest BCUT2D eigenvalue weighted by atomic mass is 9.95. The minimum absolute atomic E-state index is 0.289. The summed E-state index contributed by atoms with van der Waals surface area (Å²) < 4.78 is 0. The van der Waals surface area contributed by atoms with Gasteiger partial charge in [0.1, 0.15) is 5.82 Å². The molecule has 1 aromatic rings. The third kappa shape index (κ3) is 3.64. The molecule has 1 aromatic heterocycles. The molecule has 0 aliphatic heterocycles. The molecule has 0 spiro atoms. The number of hydrogen-bond acceptors (Lipinski definition) is 4. The largest absolute Gasteiger partial charge is 0.366 e. The third-order valence-electron chi connectivity index (χ3n) is 3.19. The summed E-state index contributed by atoms with van der Waals surface area (Å²) in [6, 6.07) is 1.92. The van der Waals surface area contributed by atoms with Gasteiger partial charge in [0.2, 0.25) is 0 Å². The third-order valence-corrected chi connectivity index (χ3v) is 3.76. The number of halogens is 2. The SMILES string of the molecule is CCC(CC)C(C)Nc1nc(NN)c(Cl)cc1Cl. The van der Waals surface area contributed by atoms with Crippen LogP contribution in [0.2, 0.25) is 10.0 Å². The Morgan fingerprint density at radius 2 is 1.78 bits per heavy atom. The zero-order valence-electron chi connectivity index (χ0n) is 10.9. The van der Waals surface area contributed by atoms with Gasteiger partial charge in [-0.15, -0.1) is 0 Å². The Balaban J connectivity index is 2.90. The lowest BCUT2D eigenvalue weighted by molar-refractivity contribution is 0.437. The van der Waals surface area contributed by atoms with Crippen LogP contribution >= 0.6 is 23.2 Å². The average Bonchev–Trinajstić information content (AvgIpc) is 2.34. The Kier molecular flexibility index (Phi) is 5.99. The van der Waals surface area contributed by atoms with Gasteiger partial charge in [0.15, 0.2) is 5.82 Å². The van der Waals surface area contributed by atoms with Crippen LogP contribution in [-0.4, -0.2) is 11.0 Å². The number of aromatic nitrogens is 1. The van der Waals surface area contributed by atoms with Crippen LogP contribution in [0.15, 0.2) is 6.07 Å². The number of nitrogen functional groups attached to an aromatic ring is 1. The molecule has 102 valence electrons. The van der Waals surface area contributed by atoms with Gasteiger partial charge in [0.05, 0.1) is 10.0 Å². The standard InChI is InChI=1S/C12H20Cl2N4/c1-4-8(5-2)7(3)16-11-9(13)6-10(14)12(17-11)18-15/h6-8H,4-5,15H2,1-3H3,(H2,16,17,18). The number of nitrogens with one attached hydrogen (secondary N) is 2. The first-order valence-corrected chi connectivity index (χ1v) is 6.88. The number of nitrogens with two attached hydrogens (primary N) is 1. The zero-order valence-corrected chi connectivity index (χ0v) is 12.4. The minimum atomic E-state index is 0.289. The van der Waals surface area contributed by atoms with Gasteiger partial charge in [-0.3, -0.25) is 0 Å². The summed E-state index contributed by atoms with van der Waals surface area (Å²) in [6.45, 7) is 6.48. The van der Waals surface area contributed by atoms with Gasteiger partial charge in [-0.25, -0.2) is 10.8 Å². The Hall–Kier alpha value is -0.710. The van der Waals surface area contributed by atoms with E-state index in [0.29, 0.717) is 27.6 Å². The molecule has 0 radical (unpaired) electrons. The van der Waals surface area contributed by atoms with Crippen molar-refractivity contribution in [2.45, 2.75) is 39.7 Å². The van der Waals surface area contributed by atoms with Crippen LogP contribution in [0.3, 0.4) is 0 Å². The lowest BCUT2D eigenvalue weighted by Crippen LogP contribution is -2.26. The molecule has 0 saturated heterocycles. The molecule has 18 heavy (non-hydrogen) atoms. The maximum Gasteiger partial charge on any atom is 0.161 e. The van der Waals surface area contributed by atoms with E-state index in [9.17, 15) is 0 Å². The Morgan fingerprint density at radius 3 is 2.28 bits per heavy atom. The van der Waals surface area contributed by atoms with Crippen LogP contribution in [-0.2, 0) is 0 Å². The minimum Gasteiger partial charge on any atom is -0.366 e. The predicted molar refractivity (Wildman–Crippen MR) is 79.2 cm³/mol. The number of hydrazine groups is 1. The summed E-state index contributed by atoms with van der Waals surface area (Å²) in [5.41, 5.74) is 2.45. The second-order valence-corrected chi connectivity index (χ2v) is 5.12. The van der Waals surface area contributed by atoms with Crippen LogP contribution in [0, 0.1) is 5.92 Å². The van der Waals surface area contributed by atoms with E-state index in [-0.39, 0.29) is 6.04 Å². The second-order valence-electron chi connectivity index (χ2n) is 4.30. The van der Waals surface area contributed by atoms with Crippen molar-refractivity contribution in [1.82, 2.24) is 4.98 Å². The van der Waals surface area contributed by atoms with E-state index < -0.39 is 0 Å². The molecular formula is C12H20Cl2N4. The summed E-state index contributed by atoms with van der Waals surface area (Å²) in [4.78, 5) is 4.27. The van der Waals surface area contributed by atoms with Crippen molar-refractivity contribution in [3.8, 4) is 0 Å². The quantitative estimate of drug-likeness (QED) is 0.549. The highest BCUT2D eigenvalue weighted by Gasteiger charge is 2.16. The van der Waals surface area contributed by atoms with Crippen molar-refractivity contribution in [3.05, 3.63) is 16.1 Å². The Morgan fingerprint density at radius 1 is 1.22 bits per heavy atom. The Bertz CT molecular complexity index is 394.